The Morgan fingerprint density at radius 2 is 1.86 bits per heavy atom. The number of fused-ring (bicyclic) bond motifs is 1. The van der Waals surface area contributed by atoms with Crippen LogP contribution >= 0.6 is 11.3 Å². The molecule has 14 heteroatoms. The molecule has 1 amide bonds. The van der Waals surface area contributed by atoms with Crippen LogP contribution in [0.5, 0.6) is 0 Å². The van der Waals surface area contributed by atoms with E-state index in [4.69, 9.17) is 0 Å². The van der Waals surface area contributed by atoms with Crippen molar-refractivity contribution in [1.29, 1.82) is 5.26 Å². The third kappa shape index (κ3) is 6.52. The minimum absolute atomic E-state index is 0.0768. The number of aromatic nitrogens is 2. The summed E-state index contributed by atoms with van der Waals surface area (Å²) in [4.78, 5) is 33.0. The van der Waals surface area contributed by atoms with Crippen LogP contribution in [0.4, 0.5) is 17.6 Å². The molecule has 2 aromatic heterocycles. The highest BCUT2D eigenvalue weighted by molar-refractivity contribution is 7.91. The number of benzene rings is 2. The highest BCUT2D eigenvalue weighted by Crippen LogP contribution is 2.32. The normalized spacial score (nSPS) is 12.7. The van der Waals surface area contributed by atoms with Crippen molar-refractivity contribution in [3.05, 3.63) is 92.6 Å². The Kier molecular flexibility index (Phi) is 8.84. The van der Waals surface area contributed by atoms with E-state index in [1.54, 1.807) is 11.4 Å². The number of carbonyl (C=O) groups excluding carboxylic acids is 1. The van der Waals surface area contributed by atoms with Crippen molar-refractivity contribution in [2.45, 2.75) is 32.5 Å². The number of rotatable bonds is 9. The summed E-state index contributed by atoms with van der Waals surface area (Å²) >= 11 is 1.16. The minimum atomic E-state index is -4.98. The molecule has 42 heavy (non-hydrogen) atoms. The quantitative estimate of drug-likeness (QED) is 0.242. The molecule has 2 heterocycles. The number of hydrogen-bond donors (Lipinski definition) is 0. The van der Waals surface area contributed by atoms with Gasteiger partial charge >= 0.3 is 6.18 Å². The number of halogens is 4. The molecule has 0 aliphatic carbocycles. The van der Waals surface area contributed by atoms with Crippen LogP contribution in [0.2, 0.25) is 0 Å². The first-order valence-electron chi connectivity index (χ1n) is 12.6. The molecule has 0 saturated heterocycles. The fourth-order valence-electron chi connectivity index (χ4n) is 4.38. The second-order valence-electron chi connectivity index (χ2n) is 9.39. The summed E-state index contributed by atoms with van der Waals surface area (Å²) < 4.78 is 80.1. The average Bonchev–Trinajstić information content (AvgIpc) is 3.43. The van der Waals surface area contributed by atoms with E-state index in [1.165, 1.54) is 42.7 Å². The van der Waals surface area contributed by atoms with E-state index >= 15 is 0 Å². The molecule has 0 radical (unpaired) electrons. The molecular formula is C28H24F4N4O4S2. The fourth-order valence-corrected chi connectivity index (χ4v) is 5.90. The second kappa shape index (κ2) is 12.0. The summed E-state index contributed by atoms with van der Waals surface area (Å²) in [6, 6.07) is 10.8. The molecule has 0 aliphatic heterocycles. The zero-order valence-corrected chi connectivity index (χ0v) is 24.0. The monoisotopic (exact) mass is 620 g/mol. The van der Waals surface area contributed by atoms with Crippen LogP contribution in [0.3, 0.4) is 0 Å². The Bertz CT molecular complexity index is 1840. The number of carbonyl (C=O) groups is 1. The van der Waals surface area contributed by atoms with Crippen molar-refractivity contribution in [3.8, 4) is 11.8 Å². The van der Waals surface area contributed by atoms with Crippen molar-refractivity contribution < 1.29 is 30.8 Å². The van der Waals surface area contributed by atoms with Gasteiger partial charge in [-0.1, -0.05) is 13.0 Å². The van der Waals surface area contributed by atoms with E-state index in [0.717, 1.165) is 22.3 Å². The first kappa shape index (κ1) is 30.9. The number of nitriles is 1. The molecule has 0 fully saturated rings. The minimum Gasteiger partial charge on any atom is -0.331 e. The Labute approximate surface area is 242 Å². The van der Waals surface area contributed by atoms with Gasteiger partial charge in [0.1, 0.15) is 16.3 Å². The molecule has 4 aromatic rings. The number of amides is 1. The van der Waals surface area contributed by atoms with Gasteiger partial charge in [0.05, 0.1) is 46.6 Å². The van der Waals surface area contributed by atoms with Crippen molar-refractivity contribution in [2.75, 3.05) is 18.1 Å². The Morgan fingerprint density at radius 1 is 1.17 bits per heavy atom. The average molecular weight is 621 g/mol. The maximum atomic E-state index is 13.9. The number of nitrogens with zero attached hydrogens (tertiary/aromatic N) is 4. The zero-order valence-electron chi connectivity index (χ0n) is 22.4. The van der Waals surface area contributed by atoms with Gasteiger partial charge in [0.2, 0.25) is 5.91 Å². The third-order valence-corrected chi connectivity index (χ3v) is 9.27. The van der Waals surface area contributed by atoms with Crippen LogP contribution in [-0.2, 0) is 27.2 Å². The van der Waals surface area contributed by atoms with Gasteiger partial charge in [-0.05, 0) is 60.3 Å². The zero-order chi connectivity index (χ0) is 30.8. The lowest BCUT2D eigenvalue weighted by Gasteiger charge is -2.30. The standard InChI is InChI=1S/C28H24F4N4O4S2/c1-3-42(39,40)13-11-35(24(37)15-19-6-9-22(29)21(14-19)28(30,31)32)17(2)26-34-23-10-12-41-25(23)27(38)36(26)20-7-4-18(16-33)5-8-20/h4-10,12,14,17H,3,11,13,15H2,1-2H3/t17-/m1/s1. The van der Waals surface area contributed by atoms with Crippen molar-refractivity contribution in [3.63, 3.8) is 0 Å². The van der Waals surface area contributed by atoms with Crippen LogP contribution in [-0.4, -0.2) is 46.8 Å². The van der Waals surface area contributed by atoms with Gasteiger partial charge < -0.3 is 4.90 Å². The predicted molar refractivity (Wildman–Crippen MR) is 149 cm³/mol. The molecule has 0 bridgehead atoms. The van der Waals surface area contributed by atoms with Gasteiger partial charge in [0.25, 0.3) is 5.56 Å². The molecular weight excluding hydrogens is 596 g/mol. The van der Waals surface area contributed by atoms with Crippen molar-refractivity contribution in [1.82, 2.24) is 14.5 Å². The topological polar surface area (TPSA) is 113 Å². The van der Waals surface area contributed by atoms with Crippen LogP contribution < -0.4 is 5.56 Å². The lowest BCUT2D eigenvalue weighted by Crippen LogP contribution is -2.41. The lowest BCUT2D eigenvalue weighted by atomic mass is 10.1. The van der Waals surface area contributed by atoms with Crippen LogP contribution in [0.1, 0.15) is 42.4 Å². The molecule has 220 valence electrons. The van der Waals surface area contributed by atoms with Gasteiger partial charge in [0.15, 0.2) is 9.84 Å². The molecule has 0 spiro atoms. The maximum absolute atomic E-state index is 13.9. The molecule has 0 aliphatic rings. The van der Waals surface area contributed by atoms with E-state index in [0.29, 0.717) is 33.6 Å². The molecule has 2 aromatic carbocycles. The van der Waals surface area contributed by atoms with Gasteiger partial charge in [-0.2, -0.15) is 18.4 Å². The van der Waals surface area contributed by atoms with E-state index < -0.39 is 57.1 Å². The van der Waals surface area contributed by atoms with Crippen molar-refractivity contribution in [2.24, 2.45) is 0 Å². The largest absolute Gasteiger partial charge is 0.419 e. The summed E-state index contributed by atoms with van der Waals surface area (Å²) in [5.41, 5.74) is -1.09. The maximum Gasteiger partial charge on any atom is 0.419 e. The predicted octanol–water partition coefficient (Wildman–Crippen LogP) is 5.04. The summed E-state index contributed by atoms with van der Waals surface area (Å²) in [5, 5.41) is 10.8. The number of thiophene rings is 1. The van der Waals surface area contributed by atoms with Gasteiger partial charge in [-0.3, -0.25) is 14.2 Å². The van der Waals surface area contributed by atoms with E-state index in [1.807, 2.05) is 6.07 Å². The number of hydrogen-bond acceptors (Lipinski definition) is 7. The highest BCUT2D eigenvalue weighted by atomic mass is 32.2. The highest BCUT2D eigenvalue weighted by Gasteiger charge is 2.35. The van der Waals surface area contributed by atoms with Crippen LogP contribution in [0, 0.1) is 17.1 Å². The second-order valence-corrected chi connectivity index (χ2v) is 12.8. The smallest absolute Gasteiger partial charge is 0.331 e. The summed E-state index contributed by atoms with van der Waals surface area (Å²) in [6.07, 6.45) is -5.58. The van der Waals surface area contributed by atoms with E-state index in [-0.39, 0.29) is 23.7 Å². The first-order valence-corrected chi connectivity index (χ1v) is 15.3. The van der Waals surface area contributed by atoms with E-state index in [2.05, 4.69) is 4.98 Å². The Hall–Kier alpha value is -4.09. The van der Waals surface area contributed by atoms with Crippen molar-refractivity contribution >= 4 is 37.3 Å². The molecule has 8 nitrogen and oxygen atoms in total. The third-order valence-electron chi connectivity index (χ3n) is 6.70. The first-order chi connectivity index (χ1) is 19.8. The summed E-state index contributed by atoms with van der Waals surface area (Å²) in [6.45, 7) is 2.63. The molecule has 1 atom stereocenters. The molecule has 4 rings (SSSR count). The SMILES string of the molecule is CCS(=O)(=O)CCN(C(=O)Cc1ccc(F)c(C(F)(F)F)c1)[C@H](C)c1nc2ccsc2c(=O)n1-c1ccc(C#N)cc1. The van der Waals surface area contributed by atoms with Gasteiger partial charge in [0, 0.05) is 12.3 Å². The molecule has 0 N–H and O–H groups in total. The summed E-state index contributed by atoms with van der Waals surface area (Å²) in [5.74, 6) is -2.81. The van der Waals surface area contributed by atoms with Crippen LogP contribution in [0.25, 0.3) is 15.9 Å². The van der Waals surface area contributed by atoms with Crippen LogP contribution in [0.15, 0.2) is 58.7 Å². The van der Waals surface area contributed by atoms with E-state index in [9.17, 15) is 40.8 Å². The summed E-state index contributed by atoms with van der Waals surface area (Å²) in [7, 11) is -3.58. The molecule has 0 unspecified atom stereocenters. The Balaban J connectivity index is 1.82. The lowest BCUT2D eigenvalue weighted by molar-refractivity contribution is -0.140. The molecule has 0 saturated carbocycles. The van der Waals surface area contributed by atoms with Gasteiger partial charge in [-0.15, -0.1) is 11.3 Å². The fraction of sp³-hybridized carbons (Fsp3) is 0.286. The number of sulfone groups is 1. The number of alkyl halides is 3. The Morgan fingerprint density at radius 3 is 2.48 bits per heavy atom. The van der Waals surface area contributed by atoms with Gasteiger partial charge in [-0.25, -0.2) is 17.8 Å².